The minimum Gasteiger partial charge on any atom is -0.496 e. The number of methoxy groups -OCH3 is 1. The van der Waals surface area contributed by atoms with Crippen molar-refractivity contribution in [3.05, 3.63) is 58.7 Å². The molecule has 0 aromatic heterocycles. The average Bonchev–Trinajstić information content (AvgIpc) is 2.50. The predicted octanol–water partition coefficient (Wildman–Crippen LogP) is 6.28. The summed E-state index contributed by atoms with van der Waals surface area (Å²) in [6, 6.07) is 4.46. The highest BCUT2D eigenvalue weighted by Crippen LogP contribution is 2.40. The molecule has 0 amide bonds. The van der Waals surface area contributed by atoms with Gasteiger partial charge in [0.15, 0.2) is 0 Å². The van der Waals surface area contributed by atoms with Crippen LogP contribution in [0.5, 0.6) is 5.75 Å². The highest BCUT2D eigenvalue weighted by Gasteiger charge is 2.26. The van der Waals surface area contributed by atoms with Crippen LogP contribution in [0.3, 0.4) is 0 Å². The lowest BCUT2D eigenvalue weighted by Crippen LogP contribution is -2.18. The summed E-state index contributed by atoms with van der Waals surface area (Å²) in [5.41, 5.74) is 5.27. The average molecular weight is 371 g/mol. The number of aliphatic carboxylic acids is 1. The Labute approximate surface area is 164 Å². The first-order valence-corrected chi connectivity index (χ1v) is 9.27. The van der Waals surface area contributed by atoms with Crippen molar-refractivity contribution in [2.24, 2.45) is 0 Å². The van der Waals surface area contributed by atoms with E-state index in [0.717, 1.165) is 16.9 Å². The van der Waals surface area contributed by atoms with Gasteiger partial charge in [0.25, 0.3) is 0 Å². The highest BCUT2D eigenvalue weighted by atomic mass is 16.5. The zero-order valence-corrected chi connectivity index (χ0v) is 18.2. The van der Waals surface area contributed by atoms with E-state index in [1.165, 1.54) is 17.2 Å². The van der Waals surface area contributed by atoms with E-state index >= 15 is 0 Å². The van der Waals surface area contributed by atoms with Crippen molar-refractivity contribution in [3.63, 3.8) is 0 Å². The number of ether oxygens (including phenoxy) is 1. The molecule has 1 aromatic carbocycles. The number of carboxylic acid groups (broad SMARTS) is 1. The van der Waals surface area contributed by atoms with E-state index in [1.807, 2.05) is 12.2 Å². The molecule has 0 saturated carbocycles. The maximum Gasteiger partial charge on any atom is 0.328 e. The summed E-state index contributed by atoms with van der Waals surface area (Å²) < 4.78 is 5.82. The van der Waals surface area contributed by atoms with Gasteiger partial charge >= 0.3 is 5.97 Å². The van der Waals surface area contributed by atoms with E-state index < -0.39 is 5.97 Å². The Hall–Kier alpha value is -2.29. The number of rotatable bonds is 5. The zero-order valence-electron chi connectivity index (χ0n) is 18.2. The van der Waals surface area contributed by atoms with Crippen LogP contribution in [0.25, 0.3) is 5.57 Å². The molecule has 0 aliphatic carbocycles. The molecule has 0 aliphatic heterocycles. The quantitative estimate of drug-likeness (QED) is 0.490. The molecular formula is C24H34O3. The zero-order chi connectivity index (χ0) is 21.0. The topological polar surface area (TPSA) is 46.5 Å². The maximum absolute atomic E-state index is 10.7. The summed E-state index contributed by atoms with van der Waals surface area (Å²) in [7, 11) is 1.72. The summed E-state index contributed by atoms with van der Waals surface area (Å²) in [6.07, 6.45) is 6.86. The molecule has 1 N–H and O–H groups in total. The van der Waals surface area contributed by atoms with E-state index in [9.17, 15) is 4.79 Å². The van der Waals surface area contributed by atoms with Gasteiger partial charge in [-0.3, -0.25) is 0 Å². The number of allylic oxidation sites excluding steroid dienone is 5. The first kappa shape index (κ1) is 22.8. The molecule has 0 aliphatic rings. The molecule has 1 rings (SSSR count). The Morgan fingerprint density at radius 3 is 2.07 bits per heavy atom. The molecule has 0 heterocycles. The van der Waals surface area contributed by atoms with Crippen LogP contribution in [0.4, 0.5) is 0 Å². The van der Waals surface area contributed by atoms with Crippen LogP contribution in [0, 0.1) is 0 Å². The number of carbonyl (C=O) groups is 1. The largest absolute Gasteiger partial charge is 0.496 e. The second kappa shape index (κ2) is 8.60. The Morgan fingerprint density at radius 1 is 1.04 bits per heavy atom. The normalized spacial score (nSPS) is 14.0. The molecule has 0 spiro atoms. The Morgan fingerprint density at radius 2 is 1.63 bits per heavy atom. The number of benzene rings is 1. The van der Waals surface area contributed by atoms with Crippen LogP contribution in [-0.4, -0.2) is 18.2 Å². The SMILES string of the molecule is COc1c(\C(C)=C/C=C/C(C)=C/C(=O)O)cc(C(C)(C)C)cc1C(C)(C)C. The lowest BCUT2D eigenvalue weighted by molar-refractivity contribution is -0.131. The summed E-state index contributed by atoms with van der Waals surface area (Å²) in [5.74, 6) is -0.0392. The van der Waals surface area contributed by atoms with Gasteiger partial charge in [-0.15, -0.1) is 0 Å². The van der Waals surface area contributed by atoms with Crippen molar-refractivity contribution in [2.45, 2.75) is 66.2 Å². The second-order valence-electron chi connectivity index (χ2n) is 9.04. The fraction of sp³-hybridized carbons (Fsp3) is 0.458. The molecule has 0 fully saturated rings. The Kier molecular flexibility index (Phi) is 7.25. The Balaban J connectivity index is 3.54. The Bertz CT molecular complexity index is 779. The van der Waals surface area contributed by atoms with Crippen molar-refractivity contribution in [3.8, 4) is 5.75 Å². The molecule has 0 bridgehead atoms. The van der Waals surface area contributed by atoms with Gasteiger partial charge in [0.2, 0.25) is 0 Å². The van der Waals surface area contributed by atoms with Crippen LogP contribution in [0.1, 0.15) is 72.1 Å². The summed E-state index contributed by atoms with van der Waals surface area (Å²) in [5, 5.41) is 8.81. The van der Waals surface area contributed by atoms with E-state index in [-0.39, 0.29) is 10.8 Å². The summed E-state index contributed by atoms with van der Waals surface area (Å²) in [6.45, 7) is 17.0. The van der Waals surface area contributed by atoms with Gasteiger partial charge in [-0.2, -0.15) is 0 Å². The molecule has 148 valence electrons. The maximum atomic E-state index is 10.7. The van der Waals surface area contributed by atoms with Crippen molar-refractivity contribution in [1.82, 2.24) is 0 Å². The number of hydrogen-bond acceptors (Lipinski definition) is 2. The van der Waals surface area contributed by atoms with Gasteiger partial charge in [-0.25, -0.2) is 4.79 Å². The third-order valence-corrected chi connectivity index (χ3v) is 4.45. The van der Waals surface area contributed by atoms with Gasteiger partial charge in [-0.1, -0.05) is 65.8 Å². The highest BCUT2D eigenvalue weighted by molar-refractivity contribution is 5.81. The van der Waals surface area contributed by atoms with E-state index in [4.69, 9.17) is 9.84 Å². The first-order chi connectivity index (χ1) is 12.3. The molecule has 0 atom stereocenters. The third kappa shape index (κ3) is 6.42. The molecule has 27 heavy (non-hydrogen) atoms. The van der Waals surface area contributed by atoms with Crippen LogP contribution in [0.2, 0.25) is 0 Å². The minimum absolute atomic E-state index is 0.0257. The standard InChI is InChI=1S/C24H34O3/c1-16(13-21(25)26)11-10-12-17(2)19-14-18(23(3,4)5)15-20(22(19)27-9)24(6,7)8/h10-15H,1-9H3,(H,25,26)/b11-10+,16-13+,17-12-. The fourth-order valence-corrected chi connectivity index (χ4v) is 2.81. The van der Waals surface area contributed by atoms with Crippen molar-refractivity contribution in [2.75, 3.05) is 7.11 Å². The first-order valence-electron chi connectivity index (χ1n) is 9.27. The fourth-order valence-electron chi connectivity index (χ4n) is 2.81. The van der Waals surface area contributed by atoms with Gasteiger partial charge in [-0.05, 0) is 47.5 Å². The third-order valence-electron chi connectivity index (χ3n) is 4.45. The van der Waals surface area contributed by atoms with E-state index in [0.29, 0.717) is 5.57 Å². The van der Waals surface area contributed by atoms with Gasteiger partial charge in [0, 0.05) is 17.2 Å². The van der Waals surface area contributed by atoms with Crippen molar-refractivity contribution in [1.29, 1.82) is 0 Å². The van der Waals surface area contributed by atoms with Gasteiger partial charge in [0.05, 0.1) is 7.11 Å². The number of carboxylic acids is 1. The van der Waals surface area contributed by atoms with Crippen LogP contribution in [0.15, 0.2) is 42.0 Å². The molecular weight excluding hydrogens is 336 g/mol. The van der Waals surface area contributed by atoms with Crippen molar-refractivity contribution < 1.29 is 14.6 Å². The molecule has 0 unspecified atom stereocenters. The predicted molar refractivity (Wildman–Crippen MR) is 115 cm³/mol. The van der Waals surface area contributed by atoms with E-state index in [2.05, 4.69) is 60.6 Å². The molecule has 3 heteroatoms. The molecule has 0 saturated heterocycles. The molecule has 0 radical (unpaired) electrons. The van der Waals surface area contributed by atoms with Gasteiger partial charge in [0.1, 0.15) is 5.75 Å². The van der Waals surface area contributed by atoms with Crippen LogP contribution < -0.4 is 4.74 Å². The number of hydrogen-bond donors (Lipinski definition) is 1. The molecule has 3 nitrogen and oxygen atoms in total. The van der Waals surface area contributed by atoms with Gasteiger partial charge < -0.3 is 9.84 Å². The van der Waals surface area contributed by atoms with Crippen LogP contribution in [-0.2, 0) is 15.6 Å². The van der Waals surface area contributed by atoms with Crippen LogP contribution >= 0.6 is 0 Å². The lowest BCUT2D eigenvalue weighted by Gasteiger charge is -2.29. The summed E-state index contributed by atoms with van der Waals surface area (Å²) >= 11 is 0. The second-order valence-corrected chi connectivity index (χ2v) is 9.04. The summed E-state index contributed by atoms with van der Waals surface area (Å²) in [4.78, 5) is 10.7. The monoisotopic (exact) mass is 370 g/mol. The smallest absolute Gasteiger partial charge is 0.328 e. The van der Waals surface area contributed by atoms with E-state index in [1.54, 1.807) is 20.1 Å². The minimum atomic E-state index is -0.938. The molecule has 1 aromatic rings. The van der Waals surface area contributed by atoms with Crippen molar-refractivity contribution >= 4 is 11.5 Å². The lowest BCUT2D eigenvalue weighted by atomic mass is 9.78.